The van der Waals surface area contributed by atoms with Crippen LogP contribution in [0.5, 0.6) is 0 Å². The van der Waals surface area contributed by atoms with Crippen molar-refractivity contribution in [3.8, 4) is 0 Å². The van der Waals surface area contributed by atoms with E-state index < -0.39 is 0 Å². The minimum atomic E-state index is 0.0635. The SMILES string of the molecule is O=c1c2c3c(sc2ncn1Cc1ccccn1)CC(NCC1(c2ccccc2)CCCC1)CC3. The molecule has 3 aromatic heterocycles. The van der Waals surface area contributed by atoms with Crippen LogP contribution >= 0.6 is 11.3 Å². The summed E-state index contributed by atoms with van der Waals surface area (Å²) in [5.41, 5.74) is 3.91. The number of pyridine rings is 1. The molecule has 1 saturated carbocycles. The number of aromatic nitrogens is 3. The number of rotatable bonds is 6. The topological polar surface area (TPSA) is 59.8 Å². The molecule has 5 nitrogen and oxygen atoms in total. The van der Waals surface area contributed by atoms with Gasteiger partial charge in [-0.1, -0.05) is 49.2 Å². The van der Waals surface area contributed by atoms with E-state index in [1.165, 1.54) is 41.7 Å². The van der Waals surface area contributed by atoms with E-state index in [4.69, 9.17) is 0 Å². The highest BCUT2D eigenvalue weighted by Gasteiger charge is 2.36. The van der Waals surface area contributed by atoms with Crippen LogP contribution in [-0.2, 0) is 24.8 Å². The summed E-state index contributed by atoms with van der Waals surface area (Å²) >= 11 is 1.71. The van der Waals surface area contributed by atoms with Gasteiger partial charge < -0.3 is 5.32 Å². The Morgan fingerprint density at radius 3 is 2.68 bits per heavy atom. The Hall–Kier alpha value is -2.83. The first-order chi connectivity index (χ1) is 16.7. The first-order valence-electron chi connectivity index (χ1n) is 12.4. The van der Waals surface area contributed by atoms with Crippen molar-refractivity contribution in [3.05, 3.63) is 93.1 Å². The van der Waals surface area contributed by atoms with Crippen LogP contribution in [0.25, 0.3) is 10.2 Å². The highest BCUT2D eigenvalue weighted by Crippen LogP contribution is 2.41. The van der Waals surface area contributed by atoms with Crippen LogP contribution in [0.3, 0.4) is 0 Å². The summed E-state index contributed by atoms with van der Waals surface area (Å²) in [5.74, 6) is 0. The molecule has 0 bridgehead atoms. The molecule has 174 valence electrons. The highest BCUT2D eigenvalue weighted by atomic mass is 32.1. The Balaban J connectivity index is 1.21. The van der Waals surface area contributed by atoms with Crippen LogP contribution in [0.15, 0.2) is 65.8 Å². The minimum Gasteiger partial charge on any atom is -0.313 e. The maximum atomic E-state index is 13.3. The fourth-order valence-electron chi connectivity index (χ4n) is 5.90. The Morgan fingerprint density at radius 1 is 1.06 bits per heavy atom. The number of nitrogens with zero attached hydrogens (tertiary/aromatic N) is 3. The largest absolute Gasteiger partial charge is 0.313 e. The molecule has 1 N–H and O–H groups in total. The van der Waals surface area contributed by atoms with Crippen molar-refractivity contribution in [2.45, 2.75) is 62.9 Å². The van der Waals surface area contributed by atoms with E-state index in [1.54, 1.807) is 28.4 Å². The van der Waals surface area contributed by atoms with Crippen molar-refractivity contribution in [3.63, 3.8) is 0 Å². The van der Waals surface area contributed by atoms with Crippen LogP contribution in [0.4, 0.5) is 0 Å². The van der Waals surface area contributed by atoms with Gasteiger partial charge in [0, 0.05) is 29.1 Å². The molecule has 3 heterocycles. The third-order valence-corrected chi connectivity index (χ3v) is 8.93. The molecule has 0 spiro atoms. The molecule has 0 aliphatic heterocycles. The molecule has 34 heavy (non-hydrogen) atoms. The molecule has 0 radical (unpaired) electrons. The molecule has 1 fully saturated rings. The average molecular weight is 471 g/mol. The Labute approximate surface area is 203 Å². The smallest absolute Gasteiger partial charge is 0.262 e. The summed E-state index contributed by atoms with van der Waals surface area (Å²) in [6.45, 7) is 1.50. The third kappa shape index (κ3) is 3.99. The Morgan fingerprint density at radius 2 is 1.88 bits per heavy atom. The number of aryl methyl sites for hydroxylation is 1. The second-order valence-corrected chi connectivity index (χ2v) is 10.9. The normalized spacial score (nSPS) is 19.4. The predicted molar refractivity (Wildman–Crippen MR) is 138 cm³/mol. The predicted octanol–water partition coefficient (Wildman–Crippen LogP) is 4.86. The fraction of sp³-hybridized carbons (Fsp3) is 0.393. The lowest BCUT2D eigenvalue weighted by Crippen LogP contribution is -2.43. The number of thiophene rings is 1. The van der Waals surface area contributed by atoms with Crippen molar-refractivity contribution in [2.24, 2.45) is 0 Å². The molecule has 4 aromatic rings. The van der Waals surface area contributed by atoms with E-state index in [2.05, 4.69) is 45.6 Å². The standard InChI is InChI=1S/C28H30N4OS/c33-27-25-23-12-11-21(30-18-28(13-5-6-14-28)20-8-2-1-3-9-20)16-24(23)34-26(25)31-19-32(27)17-22-10-4-7-15-29-22/h1-4,7-10,15,19,21,30H,5-6,11-14,16-18H2. The van der Waals surface area contributed by atoms with Gasteiger partial charge in [0.2, 0.25) is 0 Å². The molecule has 2 aliphatic rings. The highest BCUT2D eigenvalue weighted by molar-refractivity contribution is 7.18. The van der Waals surface area contributed by atoms with Gasteiger partial charge in [0.15, 0.2) is 0 Å². The molecule has 1 unspecified atom stereocenters. The van der Waals surface area contributed by atoms with Crippen LogP contribution < -0.4 is 10.9 Å². The van der Waals surface area contributed by atoms with Gasteiger partial charge >= 0.3 is 0 Å². The van der Waals surface area contributed by atoms with Gasteiger partial charge in [0.05, 0.1) is 24.0 Å². The molecule has 1 atom stereocenters. The van der Waals surface area contributed by atoms with Crippen molar-refractivity contribution >= 4 is 21.6 Å². The number of hydrogen-bond donors (Lipinski definition) is 1. The molecular weight excluding hydrogens is 440 g/mol. The number of fused-ring (bicyclic) bond motifs is 3. The zero-order valence-corrected chi connectivity index (χ0v) is 20.2. The van der Waals surface area contributed by atoms with Gasteiger partial charge in [0.25, 0.3) is 5.56 Å². The molecule has 2 aliphatic carbocycles. The van der Waals surface area contributed by atoms with Gasteiger partial charge in [-0.05, 0) is 55.4 Å². The van der Waals surface area contributed by atoms with E-state index in [0.29, 0.717) is 12.6 Å². The molecule has 6 rings (SSSR count). The van der Waals surface area contributed by atoms with Crippen molar-refractivity contribution in [2.75, 3.05) is 6.54 Å². The molecular formula is C28H30N4OS. The first kappa shape index (κ1) is 21.7. The van der Waals surface area contributed by atoms with Gasteiger partial charge in [-0.25, -0.2) is 4.98 Å². The first-order valence-corrected chi connectivity index (χ1v) is 13.2. The lowest BCUT2D eigenvalue weighted by Gasteiger charge is -2.33. The average Bonchev–Trinajstić information content (AvgIpc) is 3.51. The summed E-state index contributed by atoms with van der Waals surface area (Å²) in [5, 5.41) is 4.77. The van der Waals surface area contributed by atoms with E-state index in [0.717, 1.165) is 41.7 Å². The maximum absolute atomic E-state index is 13.3. The van der Waals surface area contributed by atoms with Crippen molar-refractivity contribution in [1.29, 1.82) is 0 Å². The lowest BCUT2D eigenvalue weighted by atomic mass is 9.78. The van der Waals surface area contributed by atoms with Crippen molar-refractivity contribution < 1.29 is 0 Å². The summed E-state index contributed by atoms with van der Waals surface area (Å²) in [6.07, 6.45) is 11.6. The minimum absolute atomic E-state index is 0.0635. The summed E-state index contributed by atoms with van der Waals surface area (Å²) in [4.78, 5) is 24.6. The van der Waals surface area contributed by atoms with Gasteiger partial charge in [-0.2, -0.15) is 0 Å². The molecule has 0 amide bonds. The zero-order chi connectivity index (χ0) is 23.0. The van der Waals surface area contributed by atoms with E-state index in [9.17, 15) is 4.79 Å². The summed E-state index contributed by atoms with van der Waals surface area (Å²) in [7, 11) is 0. The Kier molecular flexibility index (Phi) is 5.79. The second kappa shape index (κ2) is 9.08. The molecule has 1 aromatic carbocycles. The van der Waals surface area contributed by atoms with E-state index >= 15 is 0 Å². The Bertz CT molecular complexity index is 1340. The van der Waals surface area contributed by atoms with Gasteiger partial charge in [-0.3, -0.25) is 14.3 Å². The van der Waals surface area contributed by atoms with Crippen molar-refractivity contribution in [1.82, 2.24) is 19.9 Å². The molecule has 0 saturated heterocycles. The monoisotopic (exact) mass is 470 g/mol. The third-order valence-electron chi connectivity index (χ3n) is 7.77. The summed E-state index contributed by atoms with van der Waals surface area (Å²) in [6, 6.07) is 17.3. The maximum Gasteiger partial charge on any atom is 0.262 e. The van der Waals surface area contributed by atoms with Gasteiger partial charge in [0.1, 0.15) is 4.83 Å². The number of hydrogen-bond acceptors (Lipinski definition) is 5. The lowest BCUT2D eigenvalue weighted by molar-refractivity contribution is 0.357. The molecule has 6 heteroatoms. The van der Waals surface area contributed by atoms with Crippen LogP contribution in [0, 0.1) is 0 Å². The van der Waals surface area contributed by atoms with Crippen LogP contribution in [0.1, 0.15) is 53.8 Å². The zero-order valence-electron chi connectivity index (χ0n) is 19.4. The van der Waals surface area contributed by atoms with E-state index in [-0.39, 0.29) is 11.0 Å². The van der Waals surface area contributed by atoms with E-state index in [1.807, 2.05) is 18.2 Å². The van der Waals surface area contributed by atoms with Gasteiger partial charge in [-0.15, -0.1) is 11.3 Å². The summed E-state index contributed by atoms with van der Waals surface area (Å²) < 4.78 is 1.70. The quantitative estimate of drug-likeness (QED) is 0.437. The number of benzene rings is 1. The second-order valence-electron chi connectivity index (χ2n) is 9.86. The van der Waals surface area contributed by atoms with Crippen LogP contribution in [-0.4, -0.2) is 27.1 Å². The fourth-order valence-corrected chi connectivity index (χ4v) is 7.16. The van der Waals surface area contributed by atoms with Crippen LogP contribution in [0.2, 0.25) is 0 Å². The number of nitrogens with one attached hydrogen (secondary N) is 1.